The quantitative estimate of drug-likeness (QED) is 0.833. The van der Waals surface area contributed by atoms with E-state index in [0.29, 0.717) is 29.9 Å². The summed E-state index contributed by atoms with van der Waals surface area (Å²) in [6, 6.07) is 5.35. The van der Waals surface area contributed by atoms with Gasteiger partial charge in [0.2, 0.25) is 0 Å². The van der Waals surface area contributed by atoms with Crippen LogP contribution in [0.4, 0.5) is 5.69 Å². The topological polar surface area (TPSA) is 79.7 Å². The van der Waals surface area contributed by atoms with Gasteiger partial charge in [-0.05, 0) is 12.1 Å². The van der Waals surface area contributed by atoms with Crippen LogP contribution in [0.25, 0.3) is 0 Å². The lowest BCUT2D eigenvalue weighted by Gasteiger charge is -2.26. The highest BCUT2D eigenvalue weighted by atomic mass is 32.2. The van der Waals surface area contributed by atoms with Crippen molar-refractivity contribution in [1.29, 1.82) is 5.41 Å². The summed E-state index contributed by atoms with van der Waals surface area (Å²) >= 11 is 1.34. The summed E-state index contributed by atoms with van der Waals surface area (Å²) in [5.41, 5.74) is 0.793. The van der Waals surface area contributed by atoms with Crippen LogP contribution in [0, 0.1) is 5.41 Å². The van der Waals surface area contributed by atoms with Gasteiger partial charge in [0, 0.05) is 17.0 Å². The molecule has 8 heteroatoms. The maximum absolute atomic E-state index is 11.8. The number of hydrogen-bond donors (Lipinski definition) is 1. The number of fused-ring (bicyclic) bond motifs is 2. The monoisotopic (exact) mass is 326 g/mol. The van der Waals surface area contributed by atoms with E-state index in [2.05, 4.69) is 0 Å². The molecule has 21 heavy (non-hydrogen) atoms. The average Bonchev–Trinajstić information content (AvgIpc) is 2.88. The standard InChI is InChI=1S/C13H14N2O4S2/c14-13-15(9-6-21(16,17)7-12(9)20-13)8-1-2-10-11(5-8)19-4-3-18-10/h1-2,5,9,12,14H,3-4,6-7H2/t9-,12+/m0/s1. The molecule has 3 aliphatic heterocycles. The summed E-state index contributed by atoms with van der Waals surface area (Å²) in [5, 5.41) is 8.49. The van der Waals surface area contributed by atoms with Crippen molar-refractivity contribution in [2.24, 2.45) is 0 Å². The minimum absolute atomic E-state index is 0.0456. The van der Waals surface area contributed by atoms with Gasteiger partial charge in [-0.1, -0.05) is 11.8 Å². The van der Waals surface area contributed by atoms with E-state index in [0.717, 1.165) is 5.69 Å². The van der Waals surface area contributed by atoms with Crippen molar-refractivity contribution < 1.29 is 17.9 Å². The zero-order valence-electron chi connectivity index (χ0n) is 11.1. The molecule has 0 aromatic heterocycles. The number of amidine groups is 1. The number of ether oxygens (including phenoxy) is 2. The van der Waals surface area contributed by atoms with E-state index in [9.17, 15) is 8.42 Å². The highest BCUT2D eigenvalue weighted by Gasteiger charge is 2.48. The third kappa shape index (κ3) is 2.17. The molecule has 0 spiro atoms. The van der Waals surface area contributed by atoms with Crippen LogP contribution in [0.1, 0.15) is 0 Å². The Balaban J connectivity index is 1.70. The molecular formula is C13H14N2O4S2. The first-order valence-corrected chi connectivity index (χ1v) is 9.38. The molecule has 4 rings (SSSR count). The first-order valence-electron chi connectivity index (χ1n) is 6.68. The van der Waals surface area contributed by atoms with Crippen molar-refractivity contribution in [3.8, 4) is 11.5 Å². The highest BCUT2D eigenvalue weighted by Crippen LogP contribution is 2.42. The van der Waals surface area contributed by atoms with E-state index in [-0.39, 0.29) is 22.8 Å². The largest absolute Gasteiger partial charge is 0.486 e. The number of nitrogens with one attached hydrogen (secondary N) is 1. The number of nitrogens with zero attached hydrogens (tertiary/aromatic N) is 1. The third-order valence-electron chi connectivity index (χ3n) is 3.89. The van der Waals surface area contributed by atoms with Crippen molar-refractivity contribution >= 4 is 32.5 Å². The van der Waals surface area contributed by atoms with Gasteiger partial charge in [0.25, 0.3) is 0 Å². The molecule has 0 bridgehead atoms. The first-order chi connectivity index (χ1) is 10.0. The number of benzene rings is 1. The van der Waals surface area contributed by atoms with Gasteiger partial charge < -0.3 is 14.4 Å². The van der Waals surface area contributed by atoms with Crippen molar-refractivity contribution in [3.05, 3.63) is 18.2 Å². The maximum atomic E-state index is 11.8. The molecule has 0 saturated carbocycles. The summed E-state index contributed by atoms with van der Waals surface area (Å²) in [4.78, 5) is 1.80. The second kappa shape index (κ2) is 4.54. The molecule has 0 amide bonds. The van der Waals surface area contributed by atoms with E-state index in [1.165, 1.54) is 11.8 Å². The molecule has 2 saturated heterocycles. The molecule has 2 atom stereocenters. The first kappa shape index (κ1) is 13.3. The Kier molecular flexibility index (Phi) is 2.87. The van der Waals surface area contributed by atoms with Crippen LogP contribution in [-0.2, 0) is 9.84 Å². The van der Waals surface area contributed by atoms with E-state index in [1.54, 1.807) is 4.90 Å². The van der Waals surface area contributed by atoms with Gasteiger partial charge in [-0.25, -0.2) is 8.42 Å². The summed E-state index contributed by atoms with van der Waals surface area (Å²) in [5.74, 6) is 1.62. The molecule has 0 radical (unpaired) electrons. The fourth-order valence-electron chi connectivity index (χ4n) is 2.99. The number of anilines is 1. The number of rotatable bonds is 1. The van der Waals surface area contributed by atoms with E-state index in [4.69, 9.17) is 14.9 Å². The van der Waals surface area contributed by atoms with Crippen molar-refractivity contribution in [2.75, 3.05) is 29.6 Å². The predicted octanol–water partition coefficient (Wildman–Crippen LogP) is 1.11. The second-order valence-electron chi connectivity index (χ2n) is 5.30. The zero-order valence-corrected chi connectivity index (χ0v) is 12.7. The Labute approximate surface area is 126 Å². The van der Waals surface area contributed by atoms with Crippen LogP contribution in [0.3, 0.4) is 0 Å². The van der Waals surface area contributed by atoms with Gasteiger partial charge >= 0.3 is 0 Å². The number of sulfone groups is 1. The van der Waals surface area contributed by atoms with Gasteiger partial charge in [0.05, 0.1) is 17.5 Å². The summed E-state index contributed by atoms with van der Waals surface area (Å²) in [6.45, 7) is 1.04. The lowest BCUT2D eigenvalue weighted by molar-refractivity contribution is 0.171. The van der Waals surface area contributed by atoms with Crippen LogP contribution >= 0.6 is 11.8 Å². The minimum atomic E-state index is -3.00. The smallest absolute Gasteiger partial charge is 0.163 e. The van der Waals surface area contributed by atoms with E-state index >= 15 is 0 Å². The molecule has 112 valence electrons. The minimum Gasteiger partial charge on any atom is -0.486 e. The van der Waals surface area contributed by atoms with Crippen LogP contribution in [0.15, 0.2) is 18.2 Å². The van der Waals surface area contributed by atoms with Crippen molar-refractivity contribution in [1.82, 2.24) is 0 Å². The number of hydrogen-bond acceptors (Lipinski definition) is 6. The molecule has 0 unspecified atom stereocenters. The van der Waals surface area contributed by atoms with Gasteiger partial charge in [-0.3, -0.25) is 5.41 Å². The van der Waals surface area contributed by atoms with Crippen LogP contribution in [0.2, 0.25) is 0 Å². The SMILES string of the molecule is N=C1S[C@@H]2CS(=O)(=O)C[C@@H]2N1c1ccc2c(c1)OCCO2. The van der Waals surface area contributed by atoms with Gasteiger partial charge in [-0.15, -0.1) is 0 Å². The lowest BCUT2D eigenvalue weighted by Crippen LogP contribution is -2.37. The van der Waals surface area contributed by atoms with Gasteiger partial charge in [0.1, 0.15) is 13.2 Å². The van der Waals surface area contributed by atoms with Gasteiger partial charge in [0.15, 0.2) is 26.5 Å². The predicted molar refractivity (Wildman–Crippen MR) is 81.5 cm³/mol. The van der Waals surface area contributed by atoms with Crippen LogP contribution in [-0.4, -0.2) is 49.6 Å². The van der Waals surface area contributed by atoms with Crippen molar-refractivity contribution in [2.45, 2.75) is 11.3 Å². The normalized spacial score (nSPS) is 29.5. The summed E-state index contributed by atoms with van der Waals surface area (Å²) < 4.78 is 34.7. The van der Waals surface area contributed by atoms with E-state index in [1.807, 2.05) is 18.2 Å². The Bertz CT molecular complexity index is 719. The summed E-state index contributed by atoms with van der Waals surface area (Å²) in [6.07, 6.45) is 0. The molecule has 0 aliphatic carbocycles. The maximum Gasteiger partial charge on any atom is 0.163 e. The van der Waals surface area contributed by atoms with Crippen LogP contribution < -0.4 is 14.4 Å². The molecule has 1 N–H and O–H groups in total. The molecule has 1 aromatic carbocycles. The molecule has 2 fully saturated rings. The van der Waals surface area contributed by atoms with Crippen LogP contribution in [0.5, 0.6) is 11.5 Å². The molecule has 6 nitrogen and oxygen atoms in total. The molecule has 3 heterocycles. The Morgan fingerprint density at radius 3 is 2.76 bits per heavy atom. The third-order valence-corrected chi connectivity index (χ3v) is 7.02. The lowest BCUT2D eigenvalue weighted by atomic mass is 10.2. The van der Waals surface area contributed by atoms with Gasteiger partial charge in [-0.2, -0.15) is 0 Å². The average molecular weight is 326 g/mol. The molecular weight excluding hydrogens is 312 g/mol. The highest BCUT2D eigenvalue weighted by molar-refractivity contribution is 8.15. The number of thioether (sulfide) groups is 1. The zero-order chi connectivity index (χ0) is 14.6. The Hall–Kier alpha value is -1.41. The summed E-state index contributed by atoms with van der Waals surface area (Å²) in [7, 11) is -3.00. The molecule has 3 aliphatic rings. The molecule has 1 aromatic rings. The Morgan fingerprint density at radius 1 is 1.19 bits per heavy atom. The fraction of sp³-hybridized carbons (Fsp3) is 0.462. The van der Waals surface area contributed by atoms with E-state index < -0.39 is 9.84 Å². The fourth-order valence-corrected chi connectivity index (χ4v) is 6.78. The van der Waals surface area contributed by atoms with Crippen molar-refractivity contribution in [3.63, 3.8) is 0 Å². The Morgan fingerprint density at radius 2 is 1.95 bits per heavy atom. The second-order valence-corrected chi connectivity index (χ2v) is 8.69.